The molecule has 14 heavy (non-hydrogen) atoms. The average molecular weight is 210 g/mol. The van der Waals surface area contributed by atoms with Crippen LogP contribution >= 0.6 is 12.2 Å². The van der Waals surface area contributed by atoms with Gasteiger partial charge in [-0.2, -0.15) is 0 Å². The zero-order valence-electron chi connectivity index (χ0n) is 8.34. The van der Waals surface area contributed by atoms with E-state index in [0.29, 0.717) is 11.3 Å². The molecule has 0 aromatic heterocycles. The zero-order chi connectivity index (χ0) is 10.9. The van der Waals surface area contributed by atoms with Crippen LogP contribution in [0.1, 0.15) is 20.8 Å². The Balaban J connectivity index is 3.17. The van der Waals surface area contributed by atoms with Crippen LogP contribution in [0.5, 0.6) is 0 Å². The smallest absolute Gasteiger partial charge is 0.333 e. The fraction of sp³-hybridized carbons (Fsp3) is 0.400. The van der Waals surface area contributed by atoms with Crippen LogP contribution in [0.4, 0.5) is 0 Å². The van der Waals surface area contributed by atoms with Gasteiger partial charge in [-0.25, -0.2) is 4.79 Å². The minimum Gasteiger partial charge on any atom is -0.478 e. The van der Waals surface area contributed by atoms with E-state index in [0.717, 1.165) is 11.3 Å². The number of thiocarbonyl (C=S) groups is 1. The summed E-state index contributed by atoms with van der Waals surface area (Å²) in [5.74, 6) is -1.09. The molecule has 0 saturated heterocycles. The SMILES string of the molecule is CC1=C([C]=S)C(C)C(C(=O)O)=C(C)N1. The minimum atomic E-state index is -0.905. The van der Waals surface area contributed by atoms with Gasteiger partial charge in [-0.15, -0.1) is 0 Å². The van der Waals surface area contributed by atoms with Crippen molar-refractivity contribution in [2.75, 3.05) is 0 Å². The molecule has 1 radical (unpaired) electrons. The third kappa shape index (κ3) is 1.70. The van der Waals surface area contributed by atoms with E-state index in [2.05, 4.69) is 10.7 Å². The van der Waals surface area contributed by atoms with Gasteiger partial charge in [0.1, 0.15) is 0 Å². The largest absolute Gasteiger partial charge is 0.478 e. The molecule has 0 aromatic rings. The van der Waals surface area contributed by atoms with Crippen LogP contribution in [-0.2, 0) is 4.79 Å². The number of allylic oxidation sites excluding steroid dienone is 3. The Morgan fingerprint density at radius 1 is 1.50 bits per heavy atom. The van der Waals surface area contributed by atoms with Crippen molar-refractivity contribution in [2.24, 2.45) is 5.92 Å². The summed E-state index contributed by atoms with van der Waals surface area (Å²) in [5, 5.41) is 14.6. The Hall–Kier alpha value is -1.16. The molecule has 1 aliphatic rings. The van der Waals surface area contributed by atoms with Gasteiger partial charge < -0.3 is 10.4 Å². The zero-order valence-corrected chi connectivity index (χ0v) is 9.16. The Kier molecular flexibility index (Phi) is 3.06. The molecule has 0 saturated carbocycles. The lowest BCUT2D eigenvalue weighted by molar-refractivity contribution is -0.133. The fourth-order valence-electron chi connectivity index (χ4n) is 1.72. The number of dihydropyridines is 1. The molecule has 1 heterocycles. The average Bonchev–Trinajstić information content (AvgIpc) is 2.02. The Morgan fingerprint density at radius 3 is 2.50 bits per heavy atom. The van der Waals surface area contributed by atoms with Gasteiger partial charge in [-0.3, -0.25) is 0 Å². The van der Waals surface area contributed by atoms with E-state index in [1.165, 1.54) is 0 Å². The second kappa shape index (κ2) is 3.92. The van der Waals surface area contributed by atoms with Crippen LogP contribution in [0, 0.1) is 5.92 Å². The van der Waals surface area contributed by atoms with Gasteiger partial charge in [0.2, 0.25) is 0 Å². The summed E-state index contributed by atoms with van der Waals surface area (Å²) in [5.41, 5.74) is 2.68. The molecule has 1 unspecified atom stereocenters. The van der Waals surface area contributed by atoms with Crippen molar-refractivity contribution in [3.05, 3.63) is 22.5 Å². The van der Waals surface area contributed by atoms with E-state index in [-0.39, 0.29) is 5.92 Å². The highest BCUT2D eigenvalue weighted by Crippen LogP contribution is 2.27. The third-order valence-corrected chi connectivity index (χ3v) is 2.61. The lowest BCUT2D eigenvalue weighted by Crippen LogP contribution is -2.27. The molecule has 0 aliphatic carbocycles. The van der Waals surface area contributed by atoms with Crippen molar-refractivity contribution in [3.63, 3.8) is 0 Å². The van der Waals surface area contributed by atoms with Crippen molar-refractivity contribution in [1.82, 2.24) is 5.32 Å². The maximum absolute atomic E-state index is 11.0. The molecule has 1 rings (SSSR count). The molecule has 75 valence electrons. The van der Waals surface area contributed by atoms with Crippen LogP contribution in [0.2, 0.25) is 0 Å². The van der Waals surface area contributed by atoms with Gasteiger partial charge >= 0.3 is 5.97 Å². The normalized spacial score (nSPS) is 22.1. The van der Waals surface area contributed by atoms with E-state index in [1.54, 1.807) is 6.92 Å². The molecule has 0 fully saturated rings. The number of aliphatic carboxylic acids is 1. The maximum atomic E-state index is 11.0. The molecular formula is C10H12NO2S. The maximum Gasteiger partial charge on any atom is 0.333 e. The fourth-order valence-corrected chi connectivity index (χ4v) is 2.05. The highest BCUT2D eigenvalue weighted by Gasteiger charge is 2.26. The first-order valence-corrected chi connectivity index (χ1v) is 4.69. The number of carboxylic acid groups (broad SMARTS) is 1. The molecule has 3 nitrogen and oxygen atoms in total. The van der Waals surface area contributed by atoms with E-state index < -0.39 is 5.97 Å². The number of carboxylic acids is 1. The highest BCUT2D eigenvalue weighted by molar-refractivity contribution is 7.79. The van der Waals surface area contributed by atoms with Gasteiger partial charge in [0.05, 0.1) is 10.9 Å². The number of carbonyl (C=O) groups is 1. The second-order valence-electron chi connectivity index (χ2n) is 3.33. The number of hydrogen-bond donors (Lipinski definition) is 2. The van der Waals surface area contributed by atoms with Crippen LogP contribution in [0.3, 0.4) is 0 Å². The van der Waals surface area contributed by atoms with Crippen molar-refractivity contribution >= 4 is 23.6 Å². The first-order chi connectivity index (χ1) is 6.49. The lowest BCUT2D eigenvalue weighted by atomic mass is 9.88. The monoisotopic (exact) mass is 210 g/mol. The first kappa shape index (κ1) is 10.9. The molecule has 0 amide bonds. The molecule has 1 atom stereocenters. The number of hydrogen-bond acceptors (Lipinski definition) is 3. The van der Waals surface area contributed by atoms with E-state index in [1.807, 2.05) is 13.8 Å². The number of nitrogens with one attached hydrogen (secondary N) is 1. The summed E-state index contributed by atoms with van der Waals surface area (Å²) in [6.07, 6.45) is 0. The van der Waals surface area contributed by atoms with Gasteiger partial charge in [0.25, 0.3) is 0 Å². The molecular weight excluding hydrogens is 198 g/mol. The van der Waals surface area contributed by atoms with Crippen LogP contribution in [0.25, 0.3) is 0 Å². The summed E-state index contributed by atoms with van der Waals surface area (Å²) in [4.78, 5) is 11.0. The van der Waals surface area contributed by atoms with Gasteiger partial charge in [-0.05, 0) is 19.4 Å². The predicted octanol–water partition coefficient (Wildman–Crippen LogP) is 1.73. The molecule has 0 bridgehead atoms. The summed E-state index contributed by atoms with van der Waals surface area (Å²) in [7, 11) is 0. The summed E-state index contributed by atoms with van der Waals surface area (Å²) < 4.78 is 0. The van der Waals surface area contributed by atoms with Gasteiger partial charge in [0.15, 0.2) is 0 Å². The predicted molar refractivity (Wildman–Crippen MR) is 57.9 cm³/mol. The van der Waals surface area contributed by atoms with Crippen LogP contribution in [-0.4, -0.2) is 16.4 Å². The summed E-state index contributed by atoms with van der Waals surface area (Å²) in [6.45, 7) is 5.45. The van der Waals surface area contributed by atoms with Crippen LogP contribution in [0.15, 0.2) is 22.5 Å². The molecule has 1 aliphatic heterocycles. The Morgan fingerprint density at radius 2 is 2.07 bits per heavy atom. The van der Waals surface area contributed by atoms with Crippen molar-refractivity contribution in [1.29, 1.82) is 0 Å². The van der Waals surface area contributed by atoms with E-state index in [9.17, 15) is 4.79 Å². The number of rotatable bonds is 2. The van der Waals surface area contributed by atoms with Crippen molar-refractivity contribution < 1.29 is 9.90 Å². The van der Waals surface area contributed by atoms with Crippen molar-refractivity contribution in [2.45, 2.75) is 20.8 Å². The molecule has 0 spiro atoms. The third-order valence-electron chi connectivity index (χ3n) is 2.39. The van der Waals surface area contributed by atoms with Gasteiger partial charge in [0, 0.05) is 17.3 Å². The minimum absolute atomic E-state index is 0.189. The molecule has 4 heteroatoms. The summed E-state index contributed by atoms with van der Waals surface area (Å²) >= 11 is 4.74. The molecule has 2 N–H and O–H groups in total. The standard InChI is InChI=1S/C10H12NO2S/c1-5-8(4-14)6(2)11-7(3)9(5)10(12)13/h5,11H,1-3H3,(H,12,13). The quantitative estimate of drug-likeness (QED) is 0.681. The van der Waals surface area contributed by atoms with E-state index >= 15 is 0 Å². The topological polar surface area (TPSA) is 49.3 Å². The van der Waals surface area contributed by atoms with E-state index in [4.69, 9.17) is 17.3 Å². The molecule has 0 aromatic carbocycles. The lowest BCUT2D eigenvalue weighted by Gasteiger charge is -2.25. The second-order valence-corrected chi connectivity index (χ2v) is 3.54. The Labute approximate surface area is 88.5 Å². The highest BCUT2D eigenvalue weighted by atomic mass is 32.1. The van der Waals surface area contributed by atoms with Crippen molar-refractivity contribution in [3.8, 4) is 0 Å². The Bertz CT molecular complexity index is 355. The van der Waals surface area contributed by atoms with Gasteiger partial charge in [-0.1, -0.05) is 19.1 Å². The van der Waals surface area contributed by atoms with Crippen LogP contribution < -0.4 is 5.32 Å². The first-order valence-electron chi connectivity index (χ1n) is 4.29. The summed E-state index contributed by atoms with van der Waals surface area (Å²) in [6, 6.07) is 0.